The van der Waals surface area contributed by atoms with E-state index in [9.17, 15) is 14.4 Å². The van der Waals surface area contributed by atoms with Gasteiger partial charge in [-0.05, 0) is 0 Å². The number of nitrogens with zero attached hydrogens (tertiary/aromatic N) is 6. The summed E-state index contributed by atoms with van der Waals surface area (Å²) in [7, 11) is 3.14. The molecule has 3 aromatic rings. The minimum atomic E-state index is -0.851. The van der Waals surface area contributed by atoms with E-state index in [1.807, 2.05) is 0 Å². The molecule has 13 nitrogen and oxygen atoms in total. The molecule has 0 saturated carbocycles. The Morgan fingerprint density at radius 1 is 1.20 bits per heavy atom. The predicted octanol–water partition coefficient (Wildman–Crippen LogP) is -0.815. The highest BCUT2D eigenvalue weighted by Crippen LogP contribution is 2.35. The summed E-state index contributed by atoms with van der Waals surface area (Å²) in [6.45, 7) is 2.39. The Morgan fingerprint density at radius 2 is 1.97 bits per heavy atom. The molecule has 0 spiro atoms. The van der Waals surface area contributed by atoms with Crippen LogP contribution in [-0.4, -0.2) is 72.7 Å². The van der Waals surface area contributed by atoms with Gasteiger partial charge in [-0.2, -0.15) is 14.6 Å². The molecule has 4 heterocycles. The molecule has 0 bridgehead atoms. The standard InChI is InChI=1S/C17H20N6O7/c1-8(24)28-5-10-12(29-9(2)25)13(27-4)16(30-10)22-6-18-11-14(22)20-17-21(3)7-19-23(17)15(11)26/h6-7,10,12-13,16H,5H2,1-4H3/t10-,12-,13-,16-/m1/s1. The summed E-state index contributed by atoms with van der Waals surface area (Å²) in [4.78, 5) is 44.2. The number of aryl methyl sites for hydroxylation is 1. The molecule has 0 aliphatic carbocycles. The zero-order valence-electron chi connectivity index (χ0n) is 16.7. The third-order valence-corrected chi connectivity index (χ3v) is 4.80. The van der Waals surface area contributed by atoms with E-state index in [0.29, 0.717) is 5.78 Å². The smallest absolute Gasteiger partial charge is 0.303 e. The lowest BCUT2D eigenvalue weighted by Gasteiger charge is -2.22. The first-order valence-corrected chi connectivity index (χ1v) is 9.07. The zero-order valence-corrected chi connectivity index (χ0v) is 16.7. The number of ether oxygens (including phenoxy) is 4. The van der Waals surface area contributed by atoms with E-state index in [2.05, 4.69) is 15.1 Å². The van der Waals surface area contributed by atoms with E-state index < -0.39 is 42.0 Å². The van der Waals surface area contributed by atoms with Crippen molar-refractivity contribution in [1.82, 2.24) is 28.7 Å². The first kappa shape index (κ1) is 20.0. The maximum Gasteiger partial charge on any atom is 0.303 e. The van der Waals surface area contributed by atoms with E-state index in [1.54, 1.807) is 11.6 Å². The number of esters is 2. The molecule has 30 heavy (non-hydrogen) atoms. The second-order valence-electron chi connectivity index (χ2n) is 6.84. The normalized spacial score (nSPS) is 23.9. The quantitative estimate of drug-likeness (QED) is 0.481. The van der Waals surface area contributed by atoms with E-state index >= 15 is 0 Å². The number of hydrogen-bond acceptors (Lipinski definition) is 10. The predicted molar refractivity (Wildman–Crippen MR) is 98.4 cm³/mol. The summed E-state index contributed by atoms with van der Waals surface area (Å²) in [5, 5.41) is 4.00. The van der Waals surface area contributed by atoms with Crippen LogP contribution in [0.3, 0.4) is 0 Å². The fourth-order valence-electron chi connectivity index (χ4n) is 3.50. The Labute approximate surface area is 169 Å². The van der Waals surface area contributed by atoms with Crippen molar-refractivity contribution in [3.63, 3.8) is 0 Å². The summed E-state index contributed by atoms with van der Waals surface area (Å²) in [6, 6.07) is 0. The van der Waals surface area contributed by atoms with Crippen molar-refractivity contribution < 1.29 is 28.5 Å². The second kappa shape index (κ2) is 7.50. The lowest BCUT2D eigenvalue weighted by atomic mass is 10.1. The number of fused-ring (bicyclic) bond motifs is 2. The molecule has 3 aromatic heterocycles. The van der Waals surface area contributed by atoms with Crippen molar-refractivity contribution in [2.24, 2.45) is 7.05 Å². The molecule has 0 amide bonds. The van der Waals surface area contributed by atoms with E-state index in [4.69, 9.17) is 18.9 Å². The van der Waals surface area contributed by atoms with Gasteiger partial charge in [0.2, 0.25) is 5.78 Å². The lowest BCUT2D eigenvalue weighted by molar-refractivity contribution is -0.157. The molecule has 0 unspecified atom stereocenters. The van der Waals surface area contributed by atoms with Crippen LogP contribution in [0.5, 0.6) is 0 Å². The molecule has 0 radical (unpaired) electrons. The highest BCUT2D eigenvalue weighted by molar-refractivity contribution is 5.71. The van der Waals surface area contributed by atoms with Crippen LogP contribution in [0.1, 0.15) is 20.1 Å². The van der Waals surface area contributed by atoms with Crippen LogP contribution in [0.15, 0.2) is 17.4 Å². The Kier molecular flexibility index (Phi) is 4.99. The monoisotopic (exact) mass is 420 g/mol. The zero-order chi connectivity index (χ0) is 21.6. The number of hydrogen-bond donors (Lipinski definition) is 0. The summed E-state index contributed by atoms with van der Waals surface area (Å²) in [5.41, 5.74) is -0.0863. The molecule has 4 rings (SSSR count). The van der Waals surface area contributed by atoms with E-state index in [1.165, 1.54) is 38.2 Å². The van der Waals surface area contributed by atoms with Crippen molar-refractivity contribution in [2.75, 3.05) is 13.7 Å². The number of aromatic nitrogens is 6. The van der Waals surface area contributed by atoms with Crippen LogP contribution in [0.25, 0.3) is 16.9 Å². The average Bonchev–Trinajstić information content (AvgIpc) is 3.36. The van der Waals surface area contributed by atoms with Crippen LogP contribution in [0, 0.1) is 0 Å². The molecule has 1 saturated heterocycles. The molecular weight excluding hydrogens is 400 g/mol. The topological polar surface area (TPSA) is 141 Å². The van der Waals surface area contributed by atoms with E-state index in [-0.39, 0.29) is 17.8 Å². The van der Waals surface area contributed by atoms with Gasteiger partial charge < -0.3 is 23.5 Å². The molecule has 1 aliphatic rings. The van der Waals surface area contributed by atoms with Gasteiger partial charge in [-0.1, -0.05) is 0 Å². The molecule has 0 aromatic carbocycles. The molecule has 1 aliphatic heterocycles. The van der Waals surface area contributed by atoms with E-state index in [0.717, 1.165) is 4.52 Å². The van der Waals surface area contributed by atoms with Gasteiger partial charge in [0.25, 0.3) is 0 Å². The Bertz CT molecular complexity index is 1180. The third kappa shape index (κ3) is 3.21. The molecule has 4 atom stereocenters. The minimum absolute atomic E-state index is 0.0946. The number of methoxy groups -OCH3 is 1. The first-order chi connectivity index (χ1) is 14.3. The highest BCUT2D eigenvalue weighted by Gasteiger charge is 2.49. The maximum atomic E-state index is 12.7. The van der Waals surface area contributed by atoms with Crippen molar-refractivity contribution in [1.29, 1.82) is 0 Å². The van der Waals surface area contributed by atoms with Gasteiger partial charge in [0.15, 0.2) is 23.5 Å². The molecule has 13 heteroatoms. The Hall–Kier alpha value is -3.32. The van der Waals surface area contributed by atoms with Crippen molar-refractivity contribution in [2.45, 2.75) is 38.4 Å². The molecule has 160 valence electrons. The van der Waals surface area contributed by atoms with Crippen LogP contribution in [-0.2, 0) is 35.6 Å². The highest BCUT2D eigenvalue weighted by atomic mass is 16.6. The Morgan fingerprint density at radius 3 is 2.63 bits per heavy atom. The van der Waals surface area contributed by atoms with Crippen LogP contribution < -0.4 is 5.56 Å². The van der Waals surface area contributed by atoms with Gasteiger partial charge in [-0.15, -0.1) is 0 Å². The maximum absolute atomic E-state index is 12.7. The summed E-state index contributed by atoms with van der Waals surface area (Å²) >= 11 is 0. The number of imidazole rings is 1. The summed E-state index contributed by atoms with van der Waals surface area (Å²) in [6.07, 6.45) is -0.384. The molecule has 1 fully saturated rings. The SMILES string of the molecule is CO[C@@H]1[C@H](OC(C)=O)[C@@H](COC(C)=O)O[C@H]1n1cnc2c(=O)n3ncn(C)c3nc21. The molecular formula is C17H20N6O7. The largest absolute Gasteiger partial charge is 0.463 e. The Balaban J connectivity index is 1.79. The summed E-state index contributed by atoms with van der Waals surface area (Å²) < 4.78 is 26.3. The van der Waals surface area contributed by atoms with Gasteiger partial charge in [-0.3, -0.25) is 19.0 Å². The number of carbonyl (C=O) groups excluding carboxylic acids is 2. The van der Waals surface area contributed by atoms with Crippen molar-refractivity contribution in [3.8, 4) is 0 Å². The average molecular weight is 420 g/mol. The fraction of sp³-hybridized carbons (Fsp3) is 0.529. The first-order valence-electron chi connectivity index (χ1n) is 9.07. The van der Waals surface area contributed by atoms with Crippen LogP contribution in [0.2, 0.25) is 0 Å². The van der Waals surface area contributed by atoms with Crippen molar-refractivity contribution >= 4 is 28.9 Å². The van der Waals surface area contributed by atoms with Crippen molar-refractivity contribution in [3.05, 3.63) is 23.0 Å². The fourth-order valence-corrected chi connectivity index (χ4v) is 3.50. The van der Waals surface area contributed by atoms with Gasteiger partial charge in [0.1, 0.15) is 25.1 Å². The number of carbonyl (C=O) groups is 2. The van der Waals surface area contributed by atoms with Gasteiger partial charge in [0, 0.05) is 28.0 Å². The van der Waals surface area contributed by atoms with Crippen LogP contribution >= 0.6 is 0 Å². The van der Waals surface area contributed by atoms with Gasteiger partial charge in [0.05, 0.1) is 6.33 Å². The third-order valence-electron chi connectivity index (χ3n) is 4.80. The number of rotatable bonds is 5. The summed E-state index contributed by atoms with van der Waals surface area (Å²) in [5.74, 6) is -0.726. The van der Waals surface area contributed by atoms with Gasteiger partial charge >= 0.3 is 17.5 Å². The van der Waals surface area contributed by atoms with Gasteiger partial charge in [-0.25, -0.2) is 4.98 Å². The molecule has 0 N–H and O–H groups in total. The lowest BCUT2D eigenvalue weighted by Crippen LogP contribution is -2.39. The second-order valence-corrected chi connectivity index (χ2v) is 6.84. The van der Waals surface area contributed by atoms with Crippen LogP contribution in [0.4, 0.5) is 0 Å². The minimum Gasteiger partial charge on any atom is -0.463 e.